The van der Waals surface area contributed by atoms with Crippen LogP contribution in [0.5, 0.6) is 11.5 Å². The zero-order chi connectivity index (χ0) is 17.9. The highest BCUT2D eigenvalue weighted by Gasteiger charge is 2.30. The third kappa shape index (κ3) is 4.32. The van der Waals surface area contributed by atoms with E-state index in [2.05, 4.69) is 0 Å². The molecule has 0 saturated heterocycles. The third-order valence-corrected chi connectivity index (χ3v) is 3.44. The highest BCUT2D eigenvalue weighted by atomic mass is 19.4. The minimum Gasteiger partial charge on any atom is -0.458 e. The van der Waals surface area contributed by atoms with E-state index in [0.29, 0.717) is 17.1 Å². The molecule has 1 aliphatic heterocycles. The molecule has 2 aromatic carbocycles. The van der Waals surface area contributed by atoms with Crippen LogP contribution in [0.15, 0.2) is 48.5 Å². The Hall–Kier alpha value is -2.96. The average Bonchev–Trinajstić information content (AvgIpc) is 3.05. The van der Waals surface area contributed by atoms with E-state index in [4.69, 9.17) is 14.2 Å². The molecule has 0 saturated carbocycles. The van der Waals surface area contributed by atoms with Crippen LogP contribution in [-0.4, -0.2) is 12.8 Å². The molecule has 2 aromatic rings. The zero-order valence-electron chi connectivity index (χ0n) is 12.9. The second-order valence-electron chi connectivity index (χ2n) is 5.25. The number of ether oxygens (including phenoxy) is 3. The van der Waals surface area contributed by atoms with Gasteiger partial charge in [0, 0.05) is 6.08 Å². The predicted octanol–water partition coefficient (Wildman–Crippen LogP) is 4.19. The van der Waals surface area contributed by atoms with Gasteiger partial charge < -0.3 is 14.2 Å². The van der Waals surface area contributed by atoms with Crippen LogP contribution in [0.2, 0.25) is 0 Å². The normalized spacial score (nSPS) is 13.2. The molecule has 0 atom stereocenters. The zero-order valence-corrected chi connectivity index (χ0v) is 12.9. The molecule has 4 nitrogen and oxygen atoms in total. The van der Waals surface area contributed by atoms with Gasteiger partial charge in [-0.05, 0) is 41.5 Å². The first-order valence-corrected chi connectivity index (χ1v) is 7.32. The molecule has 25 heavy (non-hydrogen) atoms. The Balaban J connectivity index is 1.58. The first-order valence-electron chi connectivity index (χ1n) is 7.32. The number of rotatable bonds is 4. The fourth-order valence-corrected chi connectivity index (χ4v) is 2.22. The van der Waals surface area contributed by atoms with E-state index in [1.165, 1.54) is 24.3 Å². The number of hydrogen-bond donors (Lipinski definition) is 0. The van der Waals surface area contributed by atoms with Crippen LogP contribution < -0.4 is 9.47 Å². The molecule has 1 heterocycles. The molecule has 1 aliphatic rings. The van der Waals surface area contributed by atoms with E-state index in [1.54, 1.807) is 18.2 Å². The van der Waals surface area contributed by atoms with Gasteiger partial charge in [-0.25, -0.2) is 4.79 Å². The Labute approximate surface area is 141 Å². The Morgan fingerprint density at radius 3 is 2.72 bits per heavy atom. The van der Waals surface area contributed by atoms with Crippen molar-refractivity contribution in [3.05, 3.63) is 65.2 Å². The van der Waals surface area contributed by atoms with Gasteiger partial charge in [-0.1, -0.05) is 18.2 Å². The van der Waals surface area contributed by atoms with Crippen molar-refractivity contribution in [2.45, 2.75) is 12.8 Å². The van der Waals surface area contributed by atoms with Crippen molar-refractivity contribution in [1.29, 1.82) is 0 Å². The summed E-state index contributed by atoms with van der Waals surface area (Å²) >= 11 is 0. The molecule has 0 N–H and O–H groups in total. The van der Waals surface area contributed by atoms with E-state index in [-0.39, 0.29) is 19.0 Å². The number of halogens is 3. The van der Waals surface area contributed by atoms with Gasteiger partial charge >= 0.3 is 12.1 Å². The van der Waals surface area contributed by atoms with Crippen molar-refractivity contribution in [1.82, 2.24) is 0 Å². The Bertz CT molecular complexity index is 812. The van der Waals surface area contributed by atoms with Gasteiger partial charge in [0.25, 0.3) is 0 Å². The van der Waals surface area contributed by atoms with Gasteiger partial charge in [0.05, 0.1) is 5.56 Å². The number of hydrogen-bond acceptors (Lipinski definition) is 4. The lowest BCUT2D eigenvalue weighted by Crippen LogP contribution is -2.06. The monoisotopic (exact) mass is 350 g/mol. The quantitative estimate of drug-likeness (QED) is 0.613. The maximum absolute atomic E-state index is 12.6. The summed E-state index contributed by atoms with van der Waals surface area (Å²) in [4.78, 5) is 11.7. The molecule has 0 aromatic heterocycles. The maximum atomic E-state index is 12.6. The van der Waals surface area contributed by atoms with Crippen molar-refractivity contribution in [3.63, 3.8) is 0 Å². The van der Waals surface area contributed by atoms with Gasteiger partial charge in [-0.3, -0.25) is 0 Å². The standard InChI is InChI=1S/C18H13F3O4/c19-18(20,21)14-3-1-2-13(8-14)10-23-17(22)7-5-12-4-6-15-16(9-12)25-11-24-15/h1-9H,10-11H2. The molecular weight excluding hydrogens is 337 g/mol. The minimum absolute atomic E-state index is 0.154. The first-order chi connectivity index (χ1) is 11.9. The summed E-state index contributed by atoms with van der Waals surface area (Å²) in [6.45, 7) is -0.0875. The minimum atomic E-state index is -4.43. The summed E-state index contributed by atoms with van der Waals surface area (Å²) in [7, 11) is 0. The second kappa shape index (κ2) is 6.88. The lowest BCUT2D eigenvalue weighted by Gasteiger charge is -2.08. The van der Waals surface area contributed by atoms with Crippen LogP contribution in [0, 0.1) is 0 Å². The predicted molar refractivity (Wildman–Crippen MR) is 82.8 cm³/mol. The molecule has 3 rings (SSSR count). The van der Waals surface area contributed by atoms with Gasteiger partial charge in [0.2, 0.25) is 6.79 Å². The van der Waals surface area contributed by atoms with Crippen molar-refractivity contribution in [3.8, 4) is 11.5 Å². The number of carbonyl (C=O) groups excluding carboxylic acids is 1. The van der Waals surface area contributed by atoms with E-state index in [9.17, 15) is 18.0 Å². The van der Waals surface area contributed by atoms with Crippen LogP contribution in [0.25, 0.3) is 6.08 Å². The van der Waals surface area contributed by atoms with E-state index in [1.807, 2.05) is 0 Å². The highest BCUT2D eigenvalue weighted by Crippen LogP contribution is 2.33. The summed E-state index contributed by atoms with van der Waals surface area (Å²) in [5, 5.41) is 0. The smallest absolute Gasteiger partial charge is 0.416 e. The average molecular weight is 350 g/mol. The van der Waals surface area contributed by atoms with E-state index >= 15 is 0 Å². The molecule has 0 radical (unpaired) electrons. The topological polar surface area (TPSA) is 44.8 Å². The van der Waals surface area contributed by atoms with Crippen LogP contribution >= 0.6 is 0 Å². The van der Waals surface area contributed by atoms with Crippen LogP contribution in [0.1, 0.15) is 16.7 Å². The Morgan fingerprint density at radius 2 is 1.92 bits per heavy atom. The summed E-state index contributed by atoms with van der Waals surface area (Å²) in [6.07, 6.45) is -1.71. The van der Waals surface area contributed by atoms with Gasteiger partial charge in [0.15, 0.2) is 11.5 Å². The molecule has 0 fully saturated rings. The number of alkyl halides is 3. The SMILES string of the molecule is O=C(C=Cc1ccc2c(c1)OCO2)OCc1cccc(C(F)(F)F)c1. The number of benzene rings is 2. The largest absolute Gasteiger partial charge is 0.458 e. The molecule has 130 valence electrons. The molecule has 0 aliphatic carbocycles. The maximum Gasteiger partial charge on any atom is 0.416 e. The Kier molecular flexibility index (Phi) is 4.65. The van der Waals surface area contributed by atoms with Gasteiger partial charge in [0.1, 0.15) is 6.61 Å². The first kappa shape index (κ1) is 16.9. The highest BCUT2D eigenvalue weighted by molar-refractivity contribution is 5.87. The van der Waals surface area contributed by atoms with Crippen LogP contribution in [0.4, 0.5) is 13.2 Å². The fraction of sp³-hybridized carbons (Fsp3) is 0.167. The summed E-state index contributed by atoms with van der Waals surface area (Å²) in [5.74, 6) is 0.554. The van der Waals surface area contributed by atoms with Crippen LogP contribution in [-0.2, 0) is 22.3 Å². The van der Waals surface area contributed by atoms with Crippen molar-refractivity contribution >= 4 is 12.0 Å². The molecule has 0 spiro atoms. The Morgan fingerprint density at radius 1 is 1.12 bits per heavy atom. The lowest BCUT2D eigenvalue weighted by atomic mass is 10.1. The molecule has 7 heteroatoms. The van der Waals surface area contributed by atoms with Crippen LogP contribution in [0.3, 0.4) is 0 Å². The lowest BCUT2D eigenvalue weighted by molar-refractivity contribution is -0.138. The number of esters is 1. The fourth-order valence-electron chi connectivity index (χ4n) is 2.22. The van der Waals surface area contributed by atoms with Gasteiger partial charge in [-0.15, -0.1) is 0 Å². The van der Waals surface area contributed by atoms with E-state index in [0.717, 1.165) is 12.1 Å². The third-order valence-electron chi connectivity index (χ3n) is 3.44. The summed E-state index contributed by atoms with van der Waals surface area (Å²) in [6, 6.07) is 9.82. The molecular formula is C18H13F3O4. The van der Waals surface area contributed by atoms with Crippen molar-refractivity contribution in [2.75, 3.05) is 6.79 Å². The van der Waals surface area contributed by atoms with Gasteiger partial charge in [-0.2, -0.15) is 13.2 Å². The second-order valence-corrected chi connectivity index (χ2v) is 5.25. The summed E-state index contributed by atoms with van der Waals surface area (Å²) < 4.78 is 53.3. The molecule has 0 bridgehead atoms. The summed E-state index contributed by atoms with van der Waals surface area (Å²) in [5.41, 5.74) is 0.192. The number of carbonyl (C=O) groups is 1. The van der Waals surface area contributed by atoms with Crippen molar-refractivity contribution < 1.29 is 32.2 Å². The molecule has 0 unspecified atom stereocenters. The van der Waals surface area contributed by atoms with E-state index < -0.39 is 17.7 Å². The number of fused-ring (bicyclic) bond motifs is 1. The van der Waals surface area contributed by atoms with Crippen molar-refractivity contribution in [2.24, 2.45) is 0 Å². The molecule has 0 amide bonds.